The minimum Gasteiger partial charge on any atom is -0.355 e. The maximum Gasteiger partial charge on any atom is 0.248 e. The molecule has 0 bridgehead atoms. The van der Waals surface area contributed by atoms with E-state index in [4.69, 9.17) is 4.52 Å². The average Bonchev–Trinajstić information content (AvgIpc) is 3.19. The number of anilines is 1. The first kappa shape index (κ1) is 23.8. The second kappa shape index (κ2) is 9.86. The Bertz CT molecular complexity index is 1340. The number of aryl methyl sites for hydroxylation is 1. The summed E-state index contributed by atoms with van der Waals surface area (Å²) >= 11 is 0. The summed E-state index contributed by atoms with van der Waals surface area (Å²) in [4.78, 5) is 12.6. The SMILES string of the molecule is Cc1noc(/C=C/c2ccccc2F)c1S(=O)(=O)N1CCC[C@@H](C(=O)Nc2cccc(F)c2)C1. The van der Waals surface area contributed by atoms with E-state index in [9.17, 15) is 22.0 Å². The topological polar surface area (TPSA) is 92.5 Å². The van der Waals surface area contributed by atoms with Crippen molar-refractivity contribution in [2.75, 3.05) is 18.4 Å². The van der Waals surface area contributed by atoms with Gasteiger partial charge in [0.2, 0.25) is 15.9 Å². The van der Waals surface area contributed by atoms with E-state index >= 15 is 0 Å². The Balaban J connectivity index is 1.54. The number of hydrogen-bond acceptors (Lipinski definition) is 5. The highest BCUT2D eigenvalue weighted by Crippen LogP contribution is 2.30. The number of aromatic nitrogens is 1. The fourth-order valence-electron chi connectivity index (χ4n) is 3.89. The average molecular weight is 488 g/mol. The molecule has 2 heterocycles. The molecule has 0 saturated carbocycles. The van der Waals surface area contributed by atoms with E-state index in [0.29, 0.717) is 18.5 Å². The van der Waals surface area contributed by atoms with Gasteiger partial charge < -0.3 is 9.84 Å². The fraction of sp³-hybridized carbons (Fsp3) is 0.250. The van der Waals surface area contributed by atoms with E-state index in [1.54, 1.807) is 24.3 Å². The lowest BCUT2D eigenvalue weighted by Gasteiger charge is -2.31. The van der Waals surface area contributed by atoms with Crippen molar-refractivity contribution in [3.8, 4) is 0 Å². The summed E-state index contributed by atoms with van der Waals surface area (Å²) in [7, 11) is -4.05. The quantitative estimate of drug-likeness (QED) is 0.554. The number of nitrogens with one attached hydrogen (secondary N) is 1. The standard InChI is InChI=1S/C24H23F2N3O4S/c1-16-23(22(33-28-16)12-11-17-6-2-3-10-21(17)26)34(31,32)29-13-5-7-18(15-29)24(30)27-20-9-4-8-19(25)14-20/h2-4,6,8-12,14,18H,5,7,13,15H2,1H3,(H,27,30)/b12-11+/t18-/m1/s1. The highest BCUT2D eigenvalue weighted by Gasteiger charge is 2.37. The number of rotatable bonds is 6. The number of nitrogens with zero attached hydrogens (tertiary/aromatic N) is 2. The maximum absolute atomic E-state index is 13.9. The Labute approximate surface area is 196 Å². The summed E-state index contributed by atoms with van der Waals surface area (Å²) in [6.07, 6.45) is 3.75. The summed E-state index contributed by atoms with van der Waals surface area (Å²) in [6, 6.07) is 11.6. The molecule has 1 N–H and O–H groups in total. The van der Waals surface area contributed by atoms with Gasteiger partial charge in [0.1, 0.15) is 17.3 Å². The van der Waals surface area contributed by atoms with Gasteiger partial charge in [-0.05, 0) is 56.2 Å². The van der Waals surface area contributed by atoms with Crippen LogP contribution in [0.25, 0.3) is 12.2 Å². The number of amides is 1. The first-order valence-electron chi connectivity index (χ1n) is 10.7. The third-order valence-electron chi connectivity index (χ3n) is 5.60. The molecule has 7 nitrogen and oxygen atoms in total. The maximum atomic E-state index is 13.9. The monoisotopic (exact) mass is 487 g/mol. The number of benzene rings is 2. The van der Waals surface area contributed by atoms with Crippen LogP contribution in [0.5, 0.6) is 0 Å². The van der Waals surface area contributed by atoms with Gasteiger partial charge in [-0.25, -0.2) is 17.2 Å². The molecule has 1 fully saturated rings. The number of sulfonamides is 1. The zero-order valence-corrected chi connectivity index (χ0v) is 19.2. The molecule has 0 spiro atoms. The van der Waals surface area contributed by atoms with Crippen LogP contribution in [0.2, 0.25) is 0 Å². The predicted molar refractivity (Wildman–Crippen MR) is 123 cm³/mol. The molecule has 1 aliphatic rings. The number of carbonyl (C=O) groups is 1. The largest absolute Gasteiger partial charge is 0.355 e. The summed E-state index contributed by atoms with van der Waals surface area (Å²) in [5.41, 5.74) is 0.743. The van der Waals surface area contributed by atoms with Crippen molar-refractivity contribution in [1.82, 2.24) is 9.46 Å². The molecule has 0 radical (unpaired) electrons. The molecule has 2 aromatic carbocycles. The molecular formula is C24H23F2N3O4S. The second-order valence-corrected chi connectivity index (χ2v) is 9.89. The zero-order chi connectivity index (χ0) is 24.3. The van der Waals surface area contributed by atoms with Gasteiger partial charge in [0.05, 0.1) is 5.92 Å². The third kappa shape index (κ3) is 5.07. The number of carbonyl (C=O) groups excluding carboxylic acids is 1. The van der Waals surface area contributed by atoms with E-state index in [0.717, 1.165) is 0 Å². The van der Waals surface area contributed by atoms with E-state index in [1.807, 2.05) is 0 Å². The van der Waals surface area contributed by atoms with Crippen molar-refractivity contribution in [3.05, 3.63) is 77.2 Å². The minimum atomic E-state index is -4.05. The normalized spacial score (nSPS) is 17.2. The van der Waals surface area contributed by atoms with Crippen LogP contribution in [0.3, 0.4) is 0 Å². The van der Waals surface area contributed by atoms with Crippen molar-refractivity contribution in [3.63, 3.8) is 0 Å². The van der Waals surface area contributed by atoms with Crippen LogP contribution in [0.1, 0.15) is 29.9 Å². The first-order valence-corrected chi connectivity index (χ1v) is 12.1. The van der Waals surface area contributed by atoms with Gasteiger partial charge in [0.15, 0.2) is 10.7 Å². The lowest BCUT2D eigenvalue weighted by Crippen LogP contribution is -2.43. The van der Waals surface area contributed by atoms with Gasteiger partial charge >= 0.3 is 0 Å². The second-order valence-electron chi connectivity index (χ2n) is 8.02. The van der Waals surface area contributed by atoms with Gasteiger partial charge in [-0.15, -0.1) is 0 Å². The Morgan fingerprint density at radius 1 is 1.18 bits per heavy atom. The highest BCUT2D eigenvalue weighted by molar-refractivity contribution is 7.89. The van der Waals surface area contributed by atoms with Crippen LogP contribution < -0.4 is 5.32 Å². The van der Waals surface area contributed by atoms with Crippen LogP contribution in [0.4, 0.5) is 14.5 Å². The highest BCUT2D eigenvalue weighted by atomic mass is 32.2. The fourth-order valence-corrected chi connectivity index (χ4v) is 5.66. The van der Waals surface area contributed by atoms with Gasteiger partial charge in [-0.3, -0.25) is 4.79 Å². The van der Waals surface area contributed by atoms with Crippen molar-refractivity contribution in [1.29, 1.82) is 0 Å². The van der Waals surface area contributed by atoms with Crippen molar-refractivity contribution in [2.45, 2.75) is 24.7 Å². The number of piperidine rings is 1. The van der Waals surface area contributed by atoms with Gasteiger partial charge in [-0.1, -0.05) is 29.4 Å². The molecule has 1 aromatic heterocycles. The van der Waals surface area contributed by atoms with Crippen LogP contribution >= 0.6 is 0 Å². The van der Waals surface area contributed by atoms with Crippen LogP contribution in [-0.4, -0.2) is 36.9 Å². The van der Waals surface area contributed by atoms with Crippen LogP contribution in [0, 0.1) is 24.5 Å². The Morgan fingerprint density at radius 2 is 1.97 bits per heavy atom. The third-order valence-corrected chi connectivity index (χ3v) is 7.62. The Morgan fingerprint density at radius 3 is 2.74 bits per heavy atom. The molecule has 4 rings (SSSR count). The van der Waals surface area contributed by atoms with Crippen LogP contribution in [-0.2, 0) is 14.8 Å². The molecule has 1 atom stereocenters. The molecule has 1 amide bonds. The van der Waals surface area contributed by atoms with Gasteiger partial charge in [0, 0.05) is 24.3 Å². The smallest absolute Gasteiger partial charge is 0.248 e. The summed E-state index contributed by atoms with van der Waals surface area (Å²) in [5, 5.41) is 6.44. The zero-order valence-electron chi connectivity index (χ0n) is 18.4. The lowest BCUT2D eigenvalue weighted by atomic mass is 9.99. The van der Waals surface area contributed by atoms with E-state index in [-0.39, 0.29) is 40.9 Å². The van der Waals surface area contributed by atoms with E-state index < -0.39 is 27.6 Å². The molecular weight excluding hydrogens is 464 g/mol. The van der Waals surface area contributed by atoms with Crippen LogP contribution in [0.15, 0.2) is 57.9 Å². The van der Waals surface area contributed by atoms with Gasteiger partial charge in [-0.2, -0.15) is 4.31 Å². The number of halogens is 2. The van der Waals surface area contributed by atoms with Crippen molar-refractivity contribution in [2.24, 2.45) is 5.92 Å². The Kier molecular flexibility index (Phi) is 6.90. The summed E-state index contributed by atoms with van der Waals surface area (Å²) in [5.74, 6) is -1.95. The molecule has 1 aliphatic heterocycles. The Hall–Kier alpha value is -3.37. The molecule has 10 heteroatoms. The van der Waals surface area contributed by atoms with Gasteiger partial charge in [0.25, 0.3) is 0 Å². The summed E-state index contributed by atoms with van der Waals surface area (Å²) < 4.78 is 60.8. The molecule has 3 aromatic rings. The van der Waals surface area contributed by atoms with Crippen molar-refractivity contribution < 1.29 is 26.5 Å². The lowest BCUT2D eigenvalue weighted by molar-refractivity contribution is -0.120. The minimum absolute atomic E-state index is 0.0212. The predicted octanol–water partition coefficient (Wildman–Crippen LogP) is 4.47. The molecule has 1 saturated heterocycles. The van der Waals surface area contributed by atoms with Crippen molar-refractivity contribution >= 4 is 33.8 Å². The van der Waals surface area contributed by atoms with E-state index in [2.05, 4.69) is 10.5 Å². The molecule has 34 heavy (non-hydrogen) atoms. The van der Waals surface area contributed by atoms with E-state index in [1.165, 1.54) is 47.6 Å². The molecule has 0 unspecified atom stereocenters. The molecule has 0 aliphatic carbocycles. The number of hydrogen-bond donors (Lipinski definition) is 1. The summed E-state index contributed by atoms with van der Waals surface area (Å²) in [6.45, 7) is 1.70. The first-order chi connectivity index (χ1) is 16.3. The molecule has 178 valence electrons.